The second-order valence-electron chi connectivity index (χ2n) is 8.73. The maximum atomic E-state index is 12.5. The number of ether oxygens (including phenoxy) is 1. The molecule has 1 aliphatic rings. The Labute approximate surface area is 210 Å². The van der Waals surface area contributed by atoms with Gasteiger partial charge < -0.3 is 24.8 Å². The number of hydrogen-bond donors (Lipinski definition) is 2. The van der Waals surface area contributed by atoms with E-state index in [4.69, 9.17) is 4.74 Å². The number of nitrogens with one attached hydrogen (secondary N) is 2. The monoisotopic (exact) mass is 489 g/mol. The van der Waals surface area contributed by atoms with E-state index in [9.17, 15) is 14.4 Å². The minimum absolute atomic E-state index is 0.0873. The summed E-state index contributed by atoms with van der Waals surface area (Å²) in [7, 11) is 0. The van der Waals surface area contributed by atoms with Gasteiger partial charge in [-0.25, -0.2) is 4.98 Å². The van der Waals surface area contributed by atoms with E-state index in [2.05, 4.69) is 22.5 Å². The molecule has 188 valence electrons. The molecular formula is C27H31N5O4. The Morgan fingerprint density at radius 2 is 1.89 bits per heavy atom. The van der Waals surface area contributed by atoms with Gasteiger partial charge in [-0.3, -0.25) is 14.4 Å². The van der Waals surface area contributed by atoms with E-state index >= 15 is 0 Å². The Bertz CT molecular complexity index is 1160. The first-order chi connectivity index (χ1) is 17.5. The molecule has 9 heteroatoms. The summed E-state index contributed by atoms with van der Waals surface area (Å²) in [4.78, 5) is 42.9. The Balaban J connectivity index is 1.21. The number of amides is 3. The molecule has 0 radical (unpaired) electrons. The van der Waals surface area contributed by atoms with Crippen LogP contribution < -0.4 is 20.3 Å². The summed E-state index contributed by atoms with van der Waals surface area (Å²) in [6.07, 6.45) is 7.26. The van der Waals surface area contributed by atoms with Crippen LogP contribution >= 0.6 is 0 Å². The van der Waals surface area contributed by atoms with Crippen molar-refractivity contribution in [2.75, 3.05) is 29.9 Å². The van der Waals surface area contributed by atoms with Crippen molar-refractivity contribution in [2.45, 2.75) is 32.7 Å². The lowest BCUT2D eigenvalue weighted by molar-refractivity contribution is -0.126. The van der Waals surface area contributed by atoms with Gasteiger partial charge in [0.25, 0.3) is 5.91 Å². The van der Waals surface area contributed by atoms with Gasteiger partial charge in [-0.15, -0.1) is 0 Å². The Morgan fingerprint density at radius 3 is 2.58 bits per heavy atom. The molecule has 2 heterocycles. The second kappa shape index (κ2) is 12.0. The molecule has 9 nitrogen and oxygen atoms in total. The topological polar surface area (TPSA) is 106 Å². The van der Waals surface area contributed by atoms with Crippen LogP contribution in [0.1, 0.15) is 25.3 Å². The van der Waals surface area contributed by atoms with Gasteiger partial charge in [0.15, 0.2) is 6.61 Å². The third-order valence-electron chi connectivity index (χ3n) is 6.11. The zero-order valence-electron chi connectivity index (χ0n) is 20.4. The molecule has 4 rings (SSSR count). The molecule has 0 saturated carbocycles. The number of anilines is 2. The summed E-state index contributed by atoms with van der Waals surface area (Å²) in [5, 5.41) is 5.74. The first-order valence-corrected chi connectivity index (χ1v) is 12.2. The van der Waals surface area contributed by atoms with E-state index in [0.717, 1.165) is 25.1 Å². The number of aromatic nitrogens is 2. The summed E-state index contributed by atoms with van der Waals surface area (Å²) >= 11 is 0. The fourth-order valence-corrected chi connectivity index (χ4v) is 4.06. The molecule has 1 saturated heterocycles. The van der Waals surface area contributed by atoms with E-state index in [1.54, 1.807) is 41.7 Å². The van der Waals surface area contributed by atoms with Crippen LogP contribution in [-0.4, -0.2) is 47.0 Å². The van der Waals surface area contributed by atoms with Crippen molar-refractivity contribution < 1.29 is 19.1 Å². The number of hydrogen-bond acceptors (Lipinski definition) is 5. The molecule has 0 bridgehead atoms. The van der Waals surface area contributed by atoms with Gasteiger partial charge in [0.1, 0.15) is 5.75 Å². The number of rotatable bonds is 11. The zero-order chi connectivity index (χ0) is 25.3. The zero-order valence-corrected chi connectivity index (χ0v) is 20.4. The van der Waals surface area contributed by atoms with Gasteiger partial charge in [0.05, 0.1) is 12.2 Å². The summed E-state index contributed by atoms with van der Waals surface area (Å²) in [6, 6.07) is 14.7. The normalized spacial score (nSPS) is 15.1. The van der Waals surface area contributed by atoms with Crippen LogP contribution in [0.15, 0.2) is 67.3 Å². The number of carbonyl (C=O) groups excluding carboxylic acids is 3. The molecule has 3 amide bonds. The third-order valence-corrected chi connectivity index (χ3v) is 6.11. The smallest absolute Gasteiger partial charge is 0.262 e. The van der Waals surface area contributed by atoms with Crippen molar-refractivity contribution in [1.82, 2.24) is 14.9 Å². The summed E-state index contributed by atoms with van der Waals surface area (Å²) < 4.78 is 7.54. The SMILES string of the molecule is CCc1ccc(NC(=O)COc2ccc(N3C[C@@H](C(=O)NCCCn4ccnc4)CC3=O)cc2)cc1. The van der Waals surface area contributed by atoms with Gasteiger partial charge in [-0.05, 0) is 54.8 Å². The number of benzene rings is 2. The van der Waals surface area contributed by atoms with Crippen molar-refractivity contribution >= 4 is 29.1 Å². The molecule has 1 aliphatic heterocycles. The van der Waals surface area contributed by atoms with Crippen molar-refractivity contribution in [3.63, 3.8) is 0 Å². The second-order valence-corrected chi connectivity index (χ2v) is 8.73. The molecule has 36 heavy (non-hydrogen) atoms. The first-order valence-electron chi connectivity index (χ1n) is 12.2. The number of carbonyl (C=O) groups is 3. The maximum Gasteiger partial charge on any atom is 0.262 e. The van der Waals surface area contributed by atoms with E-state index in [1.807, 2.05) is 35.0 Å². The number of imidazole rings is 1. The molecule has 1 aromatic heterocycles. The lowest BCUT2D eigenvalue weighted by Gasteiger charge is -2.17. The highest BCUT2D eigenvalue weighted by atomic mass is 16.5. The van der Waals surface area contributed by atoms with Gasteiger partial charge in [-0.2, -0.15) is 0 Å². The molecule has 0 spiro atoms. The van der Waals surface area contributed by atoms with Crippen LogP contribution in [0.2, 0.25) is 0 Å². The highest BCUT2D eigenvalue weighted by molar-refractivity contribution is 6.00. The molecule has 1 atom stereocenters. The van der Waals surface area contributed by atoms with Crippen LogP contribution in [0, 0.1) is 5.92 Å². The lowest BCUT2D eigenvalue weighted by Crippen LogP contribution is -2.33. The minimum Gasteiger partial charge on any atom is -0.484 e. The third kappa shape index (κ3) is 6.71. The standard InChI is InChI=1S/C27H31N5O4/c1-2-20-4-6-22(7-5-20)30-25(33)18-36-24-10-8-23(9-11-24)32-17-21(16-26(32)34)27(35)29-12-3-14-31-15-13-28-19-31/h4-11,13,15,19,21H,2-3,12,14,16-18H2,1H3,(H,29,35)(H,30,33)/t21-/m0/s1. The Kier molecular flexibility index (Phi) is 8.33. The fourth-order valence-electron chi connectivity index (χ4n) is 4.06. The molecular weight excluding hydrogens is 458 g/mol. The maximum absolute atomic E-state index is 12.5. The molecule has 3 aromatic rings. The molecule has 0 aliphatic carbocycles. The molecule has 0 unspecified atom stereocenters. The van der Waals surface area contributed by atoms with E-state index in [-0.39, 0.29) is 36.7 Å². The quantitative estimate of drug-likeness (QED) is 0.403. The highest BCUT2D eigenvalue weighted by Gasteiger charge is 2.34. The van der Waals surface area contributed by atoms with Crippen LogP contribution in [0.25, 0.3) is 0 Å². The van der Waals surface area contributed by atoms with Gasteiger partial charge in [0.2, 0.25) is 11.8 Å². The van der Waals surface area contributed by atoms with Gasteiger partial charge in [-0.1, -0.05) is 19.1 Å². The Morgan fingerprint density at radius 1 is 1.11 bits per heavy atom. The van der Waals surface area contributed by atoms with Gasteiger partial charge in [0, 0.05) is 49.8 Å². The lowest BCUT2D eigenvalue weighted by atomic mass is 10.1. The van der Waals surface area contributed by atoms with Crippen molar-refractivity contribution in [3.8, 4) is 5.75 Å². The summed E-state index contributed by atoms with van der Waals surface area (Å²) in [5.74, 6) is -0.301. The van der Waals surface area contributed by atoms with Crippen LogP contribution in [0.5, 0.6) is 5.75 Å². The fraction of sp³-hybridized carbons (Fsp3) is 0.333. The van der Waals surface area contributed by atoms with Crippen molar-refractivity contribution in [1.29, 1.82) is 0 Å². The van der Waals surface area contributed by atoms with Crippen LogP contribution in [-0.2, 0) is 27.3 Å². The van der Waals surface area contributed by atoms with E-state index in [0.29, 0.717) is 24.5 Å². The highest BCUT2D eigenvalue weighted by Crippen LogP contribution is 2.27. The predicted octanol–water partition coefficient (Wildman–Crippen LogP) is 3.02. The largest absolute Gasteiger partial charge is 0.484 e. The molecule has 2 aromatic carbocycles. The summed E-state index contributed by atoms with van der Waals surface area (Å²) in [6.45, 7) is 3.62. The van der Waals surface area contributed by atoms with E-state index in [1.165, 1.54) is 5.56 Å². The van der Waals surface area contributed by atoms with Crippen LogP contribution in [0.3, 0.4) is 0 Å². The molecule has 2 N–H and O–H groups in total. The average molecular weight is 490 g/mol. The van der Waals surface area contributed by atoms with Crippen LogP contribution in [0.4, 0.5) is 11.4 Å². The van der Waals surface area contributed by atoms with E-state index < -0.39 is 0 Å². The number of aryl methyl sites for hydroxylation is 2. The average Bonchev–Trinajstić information content (AvgIpc) is 3.56. The molecule has 1 fully saturated rings. The number of nitrogens with zero attached hydrogens (tertiary/aromatic N) is 3. The van der Waals surface area contributed by atoms with Crippen molar-refractivity contribution in [2.24, 2.45) is 5.92 Å². The first kappa shape index (κ1) is 25.0. The van der Waals surface area contributed by atoms with Gasteiger partial charge >= 0.3 is 0 Å². The van der Waals surface area contributed by atoms with Crippen molar-refractivity contribution in [3.05, 3.63) is 72.8 Å². The minimum atomic E-state index is -0.378. The Hall–Kier alpha value is -4.14. The summed E-state index contributed by atoms with van der Waals surface area (Å²) in [5.41, 5.74) is 2.62. The predicted molar refractivity (Wildman–Crippen MR) is 137 cm³/mol.